The summed E-state index contributed by atoms with van der Waals surface area (Å²) in [6, 6.07) is 10.2. The van der Waals surface area contributed by atoms with Gasteiger partial charge < -0.3 is 0 Å². The van der Waals surface area contributed by atoms with Crippen LogP contribution in [0.3, 0.4) is 0 Å². The summed E-state index contributed by atoms with van der Waals surface area (Å²) in [5, 5.41) is 1.43. The van der Waals surface area contributed by atoms with Crippen molar-refractivity contribution < 1.29 is 0 Å². The molecule has 0 fully saturated rings. The van der Waals surface area contributed by atoms with Crippen LogP contribution < -0.4 is 0 Å². The largest absolute Gasteiger partial charge is 0.227 e. The lowest BCUT2D eigenvalue weighted by molar-refractivity contribution is 0.967. The first kappa shape index (κ1) is 12.4. The number of thioether (sulfide) groups is 1. The van der Waals surface area contributed by atoms with Crippen LogP contribution in [0.25, 0.3) is 0 Å². The molecule has 2 nitrogen and oxygen atoms in total. The molecule has 0 spiro atoms. The number of hydrogen-bond donors (Lipinski definition) is 0. The van der Waals surface area contributed by atoms with Crippen molar-refractivity contribution >= 4 is 23.4 Å². The predicted molar refractivity (Wildman–Crippen MR) is 72.5 cm³/mol. The van der Waals surface area contributed by atoms with Gasteiger partial charge in [-0.3, -0.25) is 0 Å². The molecule has 0 saturated heterocycles. The smallest absolute Gasteiger partial charge is 0.133 e. The summed E-state index contributed by atoms with van der Waals surface area (Å²) in [5.41, 5.74) is 2.63. The zero-order chi connectivity index (χ0) is 12.3. The van der Waals surface area contributed by atoms with Crippen molar-refractivity contribution in [2.75, 3.05) is 0 Å². The third kappa shape index (κ3) is 3.45. The molecule has 1 aromatic heterocycles. The molecule has 0 aliphatic rings. The van der Waals surface area contributed by atoms with Gasteiger partial charge >= 0.3 is 0 Å². The number of nitrogens with zero attached hydrogens (tertiary/aromatic N) is 2. The molecule has 4 heteroatoms. The number of aromatic nitrogens is 2. The molecule has 88 valence electrons. The van der Waals surface area contributed by atoms with E-state index >= 15 is 0 Å². The molecule has 0 bridgehead atoms. The Morgan fingerprint density at radius 3 is 2.65 bits per heavy atom. The van der Waals surface area contributed by atoms with Gasteiger partial charge in [0.2, 0.25) is 0 Å². The Hall–Kier alpha value is -1.06. The number of rotatable bonds is 3. The van der Waals surface area contributed by atoms with E-state index in [1.165, 1.54) is 11.1 Å². The van der Waals surface area contributed by atoms with E-state index in [0.29, 0.717) is 11.0 Å². The highest BCUT2D eigenvalue weighted by molar-refractivity contribution is 7.98. The van der Waals surface area contributed by atoms with Crippen molar-refractivity contribution in [1.82, 2.24) is 9.97 Å². The van der Waals surface area contributed by atoms with Crippen molar-refractivity contribution in [2.45, 2.75) is 24.6 Å². The van der Waals surface area contributed by atoms with Gasteiger partial charge in [-0.1, -0.05) is 35.9 Å². The third-order valence-corrected chi connectivity index (χ3v) is 3.57. The monoisotopic (exact) mass is 264 g/mol. The minimum Gasteiger partial charge on any atom is -0.227 e. The van der Waals surface area contributed by atoms with E-state index in [2.05, 4.69) is 41.2 Å². The number of benzene rings is 1. The normalized spacial score (nSPS) is 10.5. The highest BCUT2D eigenvalue weighted by Gasteiger charge is 2.03. The van der Waals surface area contributed by atoms with E-state index in [-0.39, 0.29) is 0 Å². The van der Waals surface area contributed by atoms with E-state index in [1.54, 1.807) is 17.8 Å². The van der Waals surface area contributed by atoms with Gasteiger partial charge in [-0.25, -0.2) is 9.97 Å². The van der Waals surface area contributed by atoms with E-state index in [9.17, 15) is 0 Å². The van der Waals surface area contributed by atoms with Crippen LogP contribution in [-0.2, 0) is 5.75 Å². The van der Waals surface area contributed by atoms with E-state index in [0.717, 1.165) is 10.8 Å². The second-order valence-corrected chi connectivity index (χ2v) is 5.17. The first-order valence-electron chi connectivity index (χ1n) is 5.33. The maximum Gasteiger partial charge on any atom is 0.133 e. The molecule has 0 radical (unpaired) electrons. The Morgan fingerprint density at radius 2 is 1.94 bits per heavy atom. The van der Waals surface area contributed by atoms with Crippen molar-refractivity contribution in [1.29, 1.82) is 0 Å². The van der Waals surface area contributed by atoms with Gasteiger partial charge in [-0.05, 0) is 25.0 Å². The highest BCUT2D eigenvalue weighted by atomic mass is 35.5. The molecule has 0 atom stereocenters. The van der Waals surface area contributed by atoms with Crippen LogP contribution in [0.15, 0.2) is 35.4 Å². The van der Waals surface area contributed by atoms with Gasteiger partial charge in [0.25, 0.3) is 0 Å². The van der Waals surface area contributed by atoms with Gasteiger partial charge in [0.15, 0.2) is 0 Å². The summed E-state index contributed by atoms with van der Waals surface area (Å²) in [6.45, 7) is 3.97. The molecule has 2 aromatic rings. The standard InChI is InChI=1S/C13H13ClN2S/c1-9-5-3-4-6-11(9)8-17-13-7-12(14)15-10(2)16-13/h3-7H,8H2,1-2H3. The second kappa shape index (κ2) is 5.52. The summed E-state index contributed by atoms with van der Waals surface area (Å²) in [6.07, 6.45) is 0. The van der Waals surface area contributed by atoms with Crippen LogP contribution in [-0.4, -0.2) is 9.97 Å². The molecule has 2 rings (SSSR count). The number of aryl methyl sites for hydroxylation is 2. The van der Waals surface area contributed by atoms with E-state index < -0.39 is 0 Å². The predicted octanol–water partition coefficient (Wildman–Crippen LogP) is 4.04. The minimum absolute atomic E-state index is 0.504. The van der Waals surface area contributed by atoms with Crippen molar-refractivity contribution in [3.05, 3.63) is 52.4 Å². The first-order chi connectivity index (χ1) is 8.15. The highest BCUT2D eigenvalue weighted by Crippen LogP contribution is 2.24. The second-order valence-electron chi connectivity index (χ2n) is 3.79. The molecule has 1 heterocycles. The molecule has 0 N–H and O–H groups in total. The van der Waals surface area contributed by atoms with Crippen LogP contribution in [0.5, 0.6) is 0 Å². The molecule has 0 amide bonds. The lowest BCUT2D eigenvalue weighted by Crippen LogP contribution is -1.91. The average Bonchev–Trinajstić information content (AvgIpc) is 2.27. The minimum atomic E-state index is 0.504. The Kier molecular flexibility index (Phi) is 4.02. The quantitative estimate of drug-likeness (QED) is 0.618. The van der Waals surface area contributed by atoms with Gasteiger partial charge in [-0.2, -0.15) is 0 Å². The Morgan fingerprint density at radius 1 is 1.18 bits per heavy atom. The van der Waals surface area contributed by atoms with Crippen LogP contribution in [0.2, 0.25) is 5.15 Å². The Labute approximate surface area is 110 Å². The molecule has 0 saturated carbocycles. The average molecular weight is 265 g/mol. The van der Waals surface area contributed by atoms with Crippen LogP contribution in [0, 0.1) is 13.8 Å². The molecular formula is C13H13ClN2S. The third-order valence-electron chi connectivity index (χ3n) is 2.42. The van der Waals surface area contributed by atoms with Crippen LogP contribution in [0.1, 0.15) is 17.0 Å². The fraction of sp³-hybridized carbons (Fsp3) is 0.231. The van der Waals surface area contributed by atoms with Gasteiger partial charge in [0.05, 0.1) is 0 Å². The molecular weight excluding hydrogens is 252 g/mol. The lowest BCUT2D eigenvalue weighted by Gasteiger charge is -2.05. The zero-order valence-corrected chi connectivity index (χ0v) is 11.3. The molecule has 17 heavy (non-hydrogen) atoms. The van der Waals surface area contributed by atoms with E-state index in [1.807, 2.05) is 6.92 Å². The van der Waals surface area contributed by atoms with Gasteiger partial charge in [-0.15, -0.1) is 11.8 Å². The molecule has 0 unspecified atom stereocenters. The Balaban J connectivity index is 2.10. The van der Waals surface area contributed by atoms with Crippen molar-refractivity contribution in [3.8, 4) is 0 Å². The fourth-order valence-electron chi connectivity index (χ4n) is 1.50. The summed E-state index contributed by atoms with van der Waals surface area (Å²) < 4.78 is 0. The van der Waals surface area contributed by atoms with Crippen molar-refractivity contribution in [2.24, 2.45) is 0 Å². The van der Waals surface area contributed by atoms with Gasteiger partial charge in [0, 0.05) is 11.8 Å². The summed E-state index contributed by atoms with van der Waals surface area (Å²) >= 11 is 7.58. The Bertz CT molecular complexity index is 508. The van der Waals surface area contributed by atoms with Crippen molar-refractivity contribution in [3.63, 3.8) is 0 Å². The zero-order valence-electron chi connectivity index (χ0n) is 9.77. The maximum atomic E-state index is 5.90. The first-order valence-corrected chi connectivity index (χ1v) is 6.70. The molecule has 0 aliphatic heterocycles. The van der Waals surface area contributed by atoms with Gasteiger partial charge in [0.1, 0.15) is 16.0 Å². The van der Waals surface area contributed by atoms with E-state index in [4.69, 9.17) is 11.6 Å². The molecule has 0 aliphatic carbocycles. The van der Waals surface area contributed by atoms with Crippen LogP contribution >= 0.6 is 23.4 Å². The maximum absolute atomic E-state index is 5.90. The summed E-state index contributed by atoms with van der Waals surface area (Å²) in [4.78, 5) is 8.39. The topological polar surface area (TPSA) is 25.8 Å². The summed E-state index contributed by atoms with van der Waals surface area (Å²) in [7, 11) is 0. The number of hydrogen-bond acceptors (Lipinski definition) is 3. The lowest BCUT2D eigenvalue weighted by atomic mass is 10.1. The van der Waals surface area contributed by atoms with Crippen LogP contribution in [0.4, 0.5) is 0 Å². The fourth-order valence-corrected chi connectivity index (χ4v) is 2.81. The summed E-state index contributed by atoms with van der Waals surface area (Å²) in [5.74, 6) is 1.62. The molecule has 1 aromatic carbocycles. The number of halogens is 1. The SMILES string of the molecule is Cc1nc(Cl)cc(SCc2ccccc2C)n1.